The van der Waals surface area contributed by atoms with Gasteiger partial charge in [0.25, 0.3) is 7.82 Å². The van der Waals surface area contributed by atoms with Gasteiger partial charge in [-0.1, -0.05) is 148 Å². The summed E-state index contributed by atoms with van der Waals surface area (Å²) in [5, 5.41) is 0. The van der Waals surface area contributed by atoms with Crippen molar-refractivity contribution >= 4 is 13.8 Å². The molecular formula is C40H80NO7P. The molecule has 0 aliphatic carbocycles. The molecule has 9 heteroatoms. The molecule has 0 aliphatic heterocycles. The molecule has 0 radical (unpaired) electrons. The van der Waals surface area contributed by atoms with Crippen molar-refractivity contribution in [3.05, 3.63) is 12.2 Å². The maximum atomic E-state index is 12.3. The van der Waals surface area contributed by atoms with Crippen molar-refractivity contribution < 1.29 is 37.3 Å². The molecule has 0 bridgehead atoms. The van der Waals surface area contributed by atoms with Crippen molar-refractivity contribution in [3.63, 3.8) is 0 Å². The molecule has 0 aliphatic rings. The molecule has 0 saturated carbocycles. The Hall–Kier alpha value is -0.760. The number of hydrogen-bond acceptors (Lipinski definition) is 7. The molecule has 0 aromatic heterocycles. The molecular weight excluding hydrogens is 637 g/mol. The van der Waals surface area contributed by atoms with Crippen LogP contribution in [-0.4, -0.2) is 70.7 Å². The highest BCUT2D eigenvalue weighted by molar-refractivity contribution is 7.45. The average Bonchev–Trinajstić information content (AvgIpc) is 3.04. The third-order valence-electron chi connectivity index (χ3n) is 8.82. The first-order chi connectivity index (χ1) is 23.6. The summed E-state index contributed by atoms with van der Waals surface area (Å²) in [4.78, 5) is 24.5. The number of likely N-dealkylation sites (N-methyl/N-ethyl adjacent to an activating group) is 1. The van der Waals surface area contributed by atoms with E-state index in [2.05, 4.69) is 26.0 Å². The summed E-state index contributed by atoms with van der Waals surface area (Å²) in [6.45, 7) is 5.25. The number of carbonyl (C=O) groups is 1. The number of rotatable bonds is 38. The molecule has 0 spiro atoms. The van der Waals surface area contributed by atoms with Gasteiger partial charge in [-0.3, -0.25) is 9.36 Å². The van der Waals surface area contributed by atoms with Crippen molar-refractivity contribution in [3.8, 4) is 0 Å². The topological polar surface area (TPSA) is 94.1 Å². The number of carbonyl (C=O) groups excluding carboxylic acids is 1. The van der Waals surface area contributed by atoms with Crippen LogP contribution in [-0.2, 0) is 27.9 Å². The van der Waals surface area contributed by atoms with Crippen LogP contribution in [0.4, 0.5) is 0 Å². The second kappa shape index (κ2) is 34.3. The van der Waals surface area contributed by atoms with Gasteiger partial charge in [-0.25, -0.2) is 0 Å². The normalized spacial score (nSPS) is 14.0. The van der Waals surface area contributed by atoms with E-state index in [0.29, 0.717) is 24.1 Å². The van der Waals surface area contributed by atoms with Crippen LogP contribution in [0.5, 0.6) is 0 Å². The summed E-state index contributed by atoms with van der Waals surface area (Å²) in [6, 6.07) is 0. The fourth-order valence-corrected chi connectivity index (χ4v) is 6.33. The van der Waals surface area contributed by atoms with Crippen LogP contribution in [0.25, 0.3) is 0 Å². The molecule has 0 N–H and O–H groups in total. The fraction of sp³-hybridized carbons (Fsp3) is 0.925. The lowest BCUT2D eigenvalue weighted by Gasteiger charge is -2.28. The molecule has 0 fully saturated rings. The number of hydrogen-bond donors (Lipinski definition) is 0. The van der Waals surface area contributed by atoms with Crippen molar-refractivity contribution in [1.82, 2.24) is 0 Å². The summed E-state index contributed by atoms with van der Waals surface area (Å²) in [5.74, 6) is -0.357. The van der Waals surface area contributed by atoms with E-state index in [-0.39, 0.29) is 25.8 Å². The maximum absolute atomic E-state index is 12.3. The Morgan fingerprint density at radius 2 is 1.06 bits per heavy atom. The van der Waals surface area contributed by atoms with E-state index in [1.54, 1.807) is 0 Å². The molecule has 0 rings (SSSR count). The minimum atomic E-state index is -4.50. The standard InChI is InChI=1S/C40H80NO7P/c1-6-8-10-11-12-13-14-15-16-17-18-19-20-21-22-23-24-25-26-27-28-29-30-32-35-45-37-39(48-40(42)33-31-9-7-2)38-47-49(43,44)46-36-34-41(3,4)5/h17-18,39H,6-16,19-38H2,1-5H3/b18-17-. The lowest BCUT2D eigenvalue weighted by atomic mass is 10.0. The molecule has 0 aromatic rings. The van der Waals surface area contributed by atoms with Crippen LogP contribution < -0.4 is 4.89 Å². The Morgan fingerprint density at radius 3 is 1.55 bits per heavy atom. The van der Waals surface area contributed by atoms with E-state index >= 15 is 0 Å². The largest absolute Gasteiger partial charge is 0.756 e. The third kappa shape index (κ3) is 38.3. The van der Waals surface area contributed by atoms with Gasteiger partial charge in [0.05, 0.1) is 34.4 Å². The van der Waals surface area contributed by atoms with E-state index in [9.17, 15) is 14.3 Å². The summed E-state index contributed by atoms with van der Waals surface area (Å²) in [6.07, 6.45) is 36.0. The molecule has 0 heterocycles. The van der Waals surface area contributed by atoms with Crippen LogP contribution in [0.3, 0.4) is 0 Å². The number of esters is 1. The molecule has 0 aromatic carbocycles. The molecule has 0 amide bonds. The van der Waals surface area contributed by atoms with Gasteiger partial charge in [0.1, 0.15) is 19.3 Å². The Kier molecular flexibility index (Phi) is 33.8. The minimum absolute atomic E-state index is 0.0278. The van der Waals surface area contributed by atoms with E-state index in [4.69, 9.17) is 18.5 Å². The van der Waals surface area contributed by atoms with Gasteiger partial charge in [0.2, 0.25) is 0 Å². The predicted molar refractivity (Wildman–Crippen MR) is 204 cm³/mol. The quantitative estimate of drug-likeness (QED) is 0.0206. The Bertz CT molecular complexity index is 802. The smallest absolute Gasteiger partial charge is 0.306 e. The summed E-state index contributed by atoms with van der Waals surface area (Å²) in [5.41, 5.74) is 0. The van der Waals surface area contributed by atoms with Crippen LogP contribution in [0.1, 0.15) is 181 Å². The first-order valence-corrected chi connectivity index (χ1v) is 21.9. The summed E-state index contributed by atoms with van der Waals surface area (Å²) >= 11 is 0. The SMILES string of the molecule is CCCCCCCCCC/C=C\CCCCCCCCCCCCCCOCC(COP(=O)([O-])OCC[N+](C)(C)C)OC(=O)CCCCC. The van der Waals surface area contributed by atoms with Crippen LogP contribution in [0.15, 0.2) is 12.2 Å². The van der Waals surface area contributed by atoms with Gasteiger partial charge < -0.3 is 27.9 Å². The summed E-state index contributed by atoms with van der Waals surface area (Å²) < 4.78 is 34.1. The van der Waals surface area contributed by atoms with Gasteiger partial charge in [0.15, 0.2) is 0 Å². The zero-order valence-electron chi connectivity index (χ0n) is 32.9. The van der Waals surface area contributed by atoms with Gasteiger partial charge in [-0.2, -0.15) is 0 Å². The Balaban J connectivity index is 3.81. The van der Waals surface area contributed by atoms with E-state index in [1.807, 2.05) is 21.1 Å². The average molecular weight is 718 g/mol. The lowest BCUT2D eigenvalue weighted by Crippen LogP contribution is -2.37. The minimum Gasteiger partial charge on any atom is -0.756 e. The first-order valence-electron chi connectivity index (χ1n) is 20.4. The number of allylic oxidation sites excluding steroid dienone is 2. The van der Waals surface area contributed by atoms with Gasteiger partial charge in [0, 0.05) is 13.0 Å². The third-order valence-corrected chi connectivity index (χ3v) is 9.78. The van der Waals surface area contributed by atoms with Crippen molar-refractivity contribution in [2.75, 3.05) is 54.1 Å². The molecule has 49 heavy (non-hydrogen) atoms. The number of phosphoric ester groups is 1. The second-order valence-electron chi connectivity index (χ2n) is 15.0. The molecule has 292 valence electrons. The Morgan fingerprint density at radius 1 is 0.612 bits per heavy atom. The maximum Gasteiger partial charge on any atom is 0.306 e. The van der Waals surface area contributed by atoms with Crippen LogP contribution >= 0.6 is 7.82 Å². The van der Waals surface area contributed by atoms with Gasteiger partial charge in [-0.05, 0) is 38.5 Å². The first kappa shape index (κ1) is 48.2. The molecule has 8 nitrogen and oxygen atoms in total. The van der Waals surface area contributed by atoms with Crippen LogP contribution in [0.2, 0.25) is 0 Å². The zero-order valence-corrected chi connectivity index (χ0v) is 33.8. The van der Waals surface area contributed by atoms with E-state index in [1.165, 1.54) is 128 Å². The fourth-order valence-electron chi connectivity index (χ4n) is 5.60. The van der Waals surface area contributed by atoms with Gasteiger partial charge >= 0.3 is 5.97 Å². The lowest BCUT2D eigenvalue weighted by molar-refractivity contribution is -0.870. The molecule has 0 saturated heterocycles. The van der Waals surface area contributed by atoms with Crippen molar-refractivity contribution in [2.45, 2.75) is 187 Å². The monoisotopic (exact) mass is 718 g/mol. The van der Waals surface area contributed by atoms with Crippen LogP contribution in [0, 0.1) is 0 Å². The number of nitrogens with zero attached hydrogens (tertiary/aromatic N) is 1. The molecule has 2 atom stereocenters. The number of ether oxygens (including phenoxy) is 2. The highest BCUT2D eigenvalue weighted by Gasteiger charge is 2.20. The summed E-state index contributed by atoms with van der Waals surface area (Å²) in [7, 11) is 1.36. The number of quaternary nitrogens is 1. The van der Waals surface area contributed by atoms with Gasteiger partial charge in [-0.15, -0.1) is 0 Å². The second-order valence-corrected chi connectivity index (χ2v) is 16.4. The predicted octanol–water partition coefficient (Wildman–Crippen LogP) is 10.9. The van der Waals surface area contributed by atoms with E-state index in [0.717, 1.165) is 32.1 Å². The molecule has 2 unspecified atom stereocenters. The zero-order chi connectivity index (χ0) is 36.3. The highest BCUT2D eigenvalue weighted by atomic mass is 31.2. The Labute approximate surface area is 303 Å². The number of phosphoric acid groups is 1. The van der Waals surface area contributed by atoms with Crippen molar-refractivity contribution in [1.29, 1.82) is 0 Å². The number of unbranched alkanes of at least 4 members (excludes halogenated alkanes) is 22. The van der Waals surface area contributed by atoms with Crippen molar-refractivity contribution in [2.24, 2.45) is 0 Å². The highest BCUT2D eigenvalue weighted by Crippen LogP contribution is 2.38. The van der Waals surface area contributed by atoms with E-state index < -0.39 is 13.9 Å².